The van der Waals surface area contributed by atoms with E-state index in [-0.39, 0.29) is 17.9 Å². The standard InChI is InChI=1S/C20H19ClF2N2O4/c1-12-5-4-6-15(18(24-28-3)20(26)27-2)16(12)11-29-25-17(19(22)23)13-7-9-14(21)10-8-13/h4-10,19H,11H2,1-3H3/b24-18+,25-17-. The van der Waals surface area contributed by atoms with Crippen molar-refractivity contribution in [2.75, 3.05) is 14.2 Å². The number of halogens is 3. The maximum atomic E-state index is 13.4. The lowest BCUT2D eigenvalue weighted by molar-refractivity contribution is -0.132. The molecule has 0 aromatic heterocycles. The van der Waals surface area contributed by atoms with E-state index < -0.39 is 18.1 Å². The quantitative estimate of drug-likeness (QED) is 0.359. The first-order valence-corrected chi connectivity index (χ1v) is 8.79. The average Bonchev–Trinajstić information content (AvgIpc) is 2.70. The van der Waals surface area contributed by atoms with Crippen molar-refractivity contribution in [3.63, 3.8) is 0 Å². The Balaban J connectivity index is 2.34. The van der Waals surface area contributed by atoms with Gasteiger partial charge in [-0.25, -0.2) is 13.6 Å². The van der Waals surface area contributed by atoms with Crippen LogP contribution in [0.25, 0.3) is 0 Å². The molecule has 9 heteroatoms. The topological polar surface area (TPSA) is 69.5 Å². The number of methoxy groups -OCH3 is 1. The summed E-state index contributed by atoms with van der Waals surface area (Å²) in [6.07, 6.45) is -2.85. The molecule has 0 aliphatic rings. The molecule has 0 radical (unpaired) electrons. The Labute approximate surface area is 171 Å². The van der Waals surface area contributed by atoms with Crippen molar-refractivity contribution in [1.82, 2.24) is 0 Å². The minimum Gasteiger partial charge on any atom is -0.464 e. The van der Waals surface area contributed by atoms with E-state index in [1.807, 2.05) is 0 Å². The van der Waals surface area contributed by atoms with Crippen LogP contribution in [0.2, 0.25) is 5.02 Å². The Morgan fingerprint density at radius 1 is 1.10 bits per heavy atom. The lowest BCUT2D eigenvalue weighted by Gasteiger charge is -2.13. The third-order valence-corrected chi connectivity index (χ3v) is 4.20. The van der Waals surface area contributed by atoms with Gasteiger partial charge in [-0.3, -0.25) is 0 Å². The number of aryl methyl sites for hydroxylation is 1. The van der Waals surface area contributed by atoms with Gasteiger partial charge in [0.1, 0.15) is 13.7 Å². The normalized spacial score (nSPS) is 12.1. The van der Waals surface area contributed by atoms with E-state index in [4.69, 9.17) is 26.0 Å². The summed E-state index contributed by atoms with van der Waals surface area (Å²) in [4.78, 5) is 22.0. The first kappa shape index (κ1) is 22.3. The summed E-state index contributed by atoms with van der Waals surface area (Å²) in [5, 5.41) is 7.74. The largest absolute Gasteiger partial charge is 0.464 e. The molecule has 0 aliphatic heterocycles. The van der Waals surface area contributed by atoms with Gasteiger partial charge in [-0.1, -0.05) is 52.2 Å². The second-order valence-electron chi connectivity index (χ2n) is 5.77. The van der Waals surface area contributed by atoms with Gasteiger partial charge in [0.2, 0.25) is 0 Å². The van der Waals surface area contributed by atoms with Crippen LogP contribution in [0.5, 0.6) is 0 Å². The van der Waals surface area contributed by atoms with Crippen molar-refractivity contribution in [1.29, 1.82) is 0 Å². The van der Waals surface area contributed by atoms with E-state index in [0.717, 1.165) is 5.56 Å². The Hall–Kier alpha value is -3.00. The lowest BCUT2D eigenvalue weighted by Crippen LogP contribution is -2.20. The van der Waals surface area contributed by atoms with Crippen LogP contribution in [0.3, 0.4) is 0 Å². The molecule has 0 fully saturated rings. The van der Waals surface area contributed by atoms with Gasteiger partial charge in [-0.15, -0.1) is 0 Å². The summed E-state index contributed by atoms with van der Waals surface area (Å²) in [7, 11) is 2.51. The maximum Gasteiger partial charge on any atom is 0.360 e. The molecule has 0 heterocycles. The van der Waals surface area contributed by atoms with Gasteiger partial charge < -0.3 is 14.4 Å². The van der Waals surface area contributed by atoms with Crippen LogP contribution in [0.15, 0.2) is 52.8 Å². The molecule has 0 bridgehead atoms. The minimum absolute atomic E-state index is 0.0759. The molecule has 2 aromatic carbocycles. The predicted molar refractivity (Wildman–Crippen MR) is 106 cm³/mol. The molecule has 0 spiro atoms. The molecule has 0 aliphatic carbocycles. The van der Waals surface area contributed by atoms with Gasteiger partial charge in [-0.05, 0) is 24.6 Å². The molecular weight excluding hydrogens is 406 g/mol. The summed E-state index contributed by atoms with van der Waals surface area (Å²) in [6, 6.07) is 10.9. The number of rotatable bonds is 8. The summed E-state index contributed by atoms with van der Waals surface area (Å²) < 4.78 is 31.5. The number of oxime groups is 2. The molecule has 6 nitrogen and oxygen atoms in total. The zero-order valence-electron chi connectivity index (χ0n) is 16.0. The molecule has 2 rings (SSSR count). The molecular formula is C20H19ClF2N2O4. The predicted octanol–water partition coefficient (Wildman–Crippen LogP) is 4.36. The molecule has 2 aromatic rings. The summed E-state index contributed by atoms with van der Waals surface area (Å²) in [5.74, 6) is -0.711. The van der Waals surface area contributed by atoms with E-state index >= 15 is 0 Å². The Morgan fingerprint density at radius 2 is 1.79 bits per heavy atom. The van der Waals surface area contributed by atoms with Crippen molar-refractivity contribution < 1.29 is 28.0 Å². The summed E-state index contributed by atoms with van der Waals surface area (Å²) >= 11 is 5.79. The van der Waals surface area contributed by atoms with Gasteiger partial charge in [0, 0.05) is 21.7 Å². The van der Waals surface area contributed by atoms with Crippen molar-refractivity contribution >= 4 is 29.0 Å². The third-order valence-electron chi connectivity index (χ3n) is 3.95. The fourth-order valence-corrected chi connectivity index (χ4v) is 2.63. The van der Waals surface area contributed by atoms with Crippen molar-refractivity contribution in [3.05, 3.63) is 69.7 Å². The molecule has 29 heavy (non-hydrogen) atoms. The summed E-state index contributed by atoms with van der Waals surface area (Å²) in [6.45, 7) is 1.60. The maximum absolute atomic E-state index is 13.4. The van der Waals surface area contributed by atoms with E-state index in [1.165, 1.54) is 38.5 Å². The number of carbonyl (C=O) groups excluding carboxylic acids is 1. The second-order valence-corrected chi connectivity index (χ2v) is 6.21. The van der Waals surface area contributed by atoms with Crippen LogP contribution in [-0.2, 0) is 25.8 Å². The lowest BCUT2D eigenvalue weighted by atomic mass is 9.99. The Morgan fingerprint density at radius 3 is 2.38 bits per heavy atom. The molecule has 0 saturated carbocycles. The molecule has 0 unspecified atom stereocenters. The van der Waals surface area contributed by atoms with E-state index in [2.05, 4.69) is 10.3 Å². The van der Waals surface area contributed by atoms with Crippen LogP contribution < -0.4 is 0 Å². The first-order valence-electron chi connectivity index (χ1n) is 8.41. The number of nitrogens with zero attached hydrogens (tertiary/aromatic N) is 2. The fourth-order valence-electron chi connectivity index (χ4n) is 2.51. The third kappa shape index (κ3) is 5.74. The van der Waals surface area contributed by atoms with Crippen LogP contribution in [0.1, 0.15) is 22.3 Å². The molecule has 154 valence electrons. The van der Waals surface area contributed by atoms with Gasteiger partial charge in [0.25, 0.3) is 6.43 Å². The van der Waals surface area contributed by atoms with Crippen LogP contribution in [0.4, 0.5) is 8.78 Å². The van der Waals surface area contributed by atoms with Gasteiger partial charge in [0.05, 0.1) is 7.11 Å². The molecule has 0 N–H and O–H groups in total. The van der Waals surface area contributed by atoms with Crippen molar-refractivity contribution in [2.24, 2.45) is 10.3 Å². The number of hydrogen-bond donors (Lipinski definition) is 0. The monoisotopic (exact) mass is 424 g/mol. The zero-order chi connectivity index (χ0) is 21.4. The van der Waals surface area contributed by atoms with Gasteiger partial charge in [-0.2, -0.15) is 0 Å². The number of benzene rings is 2. The Kier molecular flexibility index (Phi) is 8.09. The Bertz CT molecular complexity index is 915. The van der Waals surface area contributed by atoms with Crippen LogP contribution in [0, 0.1) is 6.92 Å². The number of alkyl halides is 2. The van der Waals surface area contributed by atoms with E-state index in [1.54, 1.807) is 25.1 Å². The van der Waals surface area contributed by atoms with Crippen molar-refractivity contribution in [2.45, 2.75) is 20.0 Å². The number of esters is 1. The number of hydrogen-bond acceptors (Lipinski definition) is 6. The highest BCUT2D eigenvalue weighted by Crippen LogP contribution is 2.19. The highest BCUT2D eigenvalue weighted by molar-refractivity contribution is 6.43. The highest BCUT2D eigenvalue weighted by Gasteiger charge is 2.21. The highest BCUT2D eigenvalue weighted by atomic mass is 35.5. The zero-order valence-corrected chi connectivity index (χ0v) is 16.7. The SMILES string of the molecule is CO/N=C(/C(=O)OC)c1cccc(C)c1CO/N=C(/c1ccc(Cl)cc1)C(F)F. The average molecular weight is 425 g/mol. The van der Waals surface area contributed by atoms with Gasteiger partial charge in [0.15, 0.2) is 11.4 Å². The molecule has 0 amide bonds. The first-order chi connectivity index (χ1) is 13.9. The van der Waals surface area contributed by atoms with E-state index in [0.29, 0.717) is 16.1 Å². The minimum atomic E-state index is -2.85. The smallest absolute Gasteiger partial charge is 0.360 e. The summed E-state index contributed by atoms with van der Waals surface area (Å²) in [5.41, 5.74) is 1.24. The molecule has 0 saturated heterocycles. The number of carbonyl (C=O) groups is 1. The number of ether oxygens (including phenoxy) is 1. The fraction of sp³-hybridized carbons (Fsp3) is 0.250. The van der Waals surface area contributed by atoms with E-state index in [9.17, 15) is 13.6 Å². The molecule has 0 atom stereocenters. The van der Waals surface area contributed by atoms with Crippen LogP contribution >= 0.6 is 11.6 Å². The van der Waals surface area contributed by atoms with Gasteiger partial charge >= 0.3 is 5.97 Å². The second kappa shape index (κ2) is 10.5. The van der Waals surface area contributed by atoms with Crippen LogP contribution in [-0.4, -0.2) is 38.0 Å². The van der Waals surface area contributed by atoms with Crippen molar-refractivity contribution in [3.8, 4) is 0 Å².